The summed E-state index contributed by atoms with van der Waals surface area (Å²) in [4.78, 5) is 0.0591. The van der Waals surface area contributed by atoms with Crippen molar-refractivity contribution in [2.45, 2.75) is 18.7 Å². The van der Waals surface area contributed by atoms with Crippen molar-refractivity contribution < 1.29 is 17.9 Å². The lowest BCUT2D eigenvalue weighted by atomic mass is 10.2. The molecular formula is C16H18BrNO4S. The van der Waals surface area contributed by atoms with Crippen molar-refractivity contribution in [1.29, 1.82) is 0 Å². The van der Waals surface area contributed by atoms with Crippen LogP contribution in [-0.2, 0) is 10.0 Å². The van der Waals surface area contributed by atoms with Crippen molar-refractivity contribution in [1.82, 2.24) is 0 Å². The van der Waals surface area contributed by atoms with E-state index in [9.17, 15) is 8.42 Å². The van der Waals surface area contributed by atoms with E-state index in [1.54, 1.807) is 30.3 Å². The zero-order valence-corrected chi connectivity index (χ0v) is 15.5. The van der Waals surface area contributed by atoms with Crippen LogP contribution in [0.25, 0.3) is 0 Å². The first-order chi connectivity index (χ1) is 10.9. The van der Waals surface area contributed by atoms with Gasteiger partial charge in [-0.05, 0) is 43.7 Å². The van der Waals surface area contributed by atoms with Crippen LogP contribution >= 0.6 is 15.9 Å². The summed E-state index contributed by atoms with van der Waals surface area (Å²) in [6.45, 7) is 4.14. The Balaban J connectivity index is 2.46. The van der Waals surface area contributed by atoms with Crippen LogP contribution in [0.4, 0.5) is 5.69 Å². The minimum Gasteiger partial charge on any atom is -0.495 e. The van der Waals surface area contributed by atoms with Crippen LogP contribution in [0.1, 0.15) is 12.5 Å². The highest BCUT2D eigenvalue weighted by molar-refractivity contribution is 9.10. The first-order valence-electron chi connectivity index (χ1n) is 6.97. The van der Waals surface area contributed by atoms with Crippen molar-refractivity contribution in [2.24, 2.45) is 0 Å². The molecule has 0 bridgehead atoms. The molecule has 0 aliphatic rings. The molecule has 0 unspecified atom stereocenters. The molecule has 0 amide bonds. The van der Waals surface area contributed by atoms with Crippen LogP contribution in [0.5, 0.6) is 11.5 Å². The molecule has 1 N–H and O–H groups in total. The number of hydrogen-bond acceptors (Lipinski definition) is 4. The molecule has 0 aromatic heterocycles. The van der Waals surface area contributed by atoms with Crippen LogP contribution in [0, 0.1) is 6.92 Å². The lowest BCUT2D eigenvalue weighted by Gasteiger charge is -2.15. The fraction of sp³-hybridized carbons (Fsp3) is 0.250. The van der Waals surface area contributed by atoms with E-state index in [1.165, 1.54) is 13.2 Å². The average Bonchev–Trinajstić information content (AvgIpc) is 2.51. The first-order valence-corrected chi connectivity index (χ1v) is 9.25. The average molecular weight is 400 g/mol. The van der Waals surface area contributed by atoms with E-state index in [0.717, 1.165) is 5.56 Å². The summed E-state index contributed by atoms with van der Waals surface area (Å²) >= 11 is 3.35. The Morgan fingerprint density at radius 1 is 1.17 bits per heavy atom. The standard InChI is InChI=1S/C16H18BrNO4S/c1-4-22-14-8-6-5-7-13(14)18-23(19,20)16-10-12(17)11(2)9-15(16)21-3/h5-10,18H,4H2,1-3H3. The summed E-state index contributed by atoms with van der Waals surface area (Å²) in [6.07, 6.45) is 0. The zero-order valence-electron chi connectivity index (χ0n) is 13.1. The molecule has 7 heteroatoms. The largest absolute Gasteiger partial charge is 0.495 e. The van der Waals surface area contributed by atoms with E-state index in [0.29, 0.717) is 22.5 Å². The second-order valence-corrected chi connectivity index (χ2v) is 7.29. The van der Waals surface area contributed by atoms with Crippen molar-refractivity contribution in [3.05, 3.63) is 46.4 Å². The molecule has 0 heterocycles. The quantitative estimate of drug-likeness (QED) is 0.797. The highest BCUT2D eigenvalue weighted by Crippen LogP contribution is 2.33. The number of halogens is 1. The fourth-order valence-electron chi connectivity index (χ4n) is 2.04. The van der Waals surface area contributed by atoms with Crippen molar-refractivity contribution in [2.75, 3.05) is 18.4 Å². The number of sulfonamides is 1. The summed E-state index contributed by atoms with van der Waals surface area (Å²) in [5.41, 5.74) is 1.27. The van der Waals surface area contributed by atoms with Gasteiger partial charge in [-0.3, -0.25) is 4.72 Å². The molecule has 0 radical (unpaired) electrons. The van der Waals surface area contributed by atoms with Gasteiger partial charge in [0, 0.05) is 4.47 Å². The maximum Gasteiger partial charge on any atom is 0.265 e. The number of para-hydroxylation sites is 2. The molecule has 0 aliphatic carbocycles. The van der Waals surface area contributed by atoms with E-state index in [-0.39, 0.29) is 10.6 Å². The van der Waals surface area contributed by atoms with Crippen LogP contribution in [0.2, 0.25) is 0 Å². The summed E-state index contributed by atoms with van der Waals surface area (Å²) in [7, 11) is -2.38. The van der Waals surface area contributed by atoms with Gasteiger partial charge in [0.2, 0.25) is 0 Å². The van der Waals surface area contributed by atoms with Gasteiger partial charge in [-0.1, -0.05) is 28.1 Å². The minimum absolute atomic E-state index is 0.0591. The topological polar surface area (TPSA) is 64.6 Å². The predicted molar refractivity (Wildman–Crippen MR) is 93.9 cm³/mol. The van der Waals surface area contributed by atoms with Crippen molar-refractivity contribution in [3.63, 3.8) is 0 Å². The van der Waals surface area contributed by atoms with Gasteiger partial charge < -0.3 is 9.47 Å². The van der Waals surface area contributed by atoms with E-state index in [2.05, 4.69) is 20.7 Å². The van der Waals surface area contributed by atoms with Gasteiger partial charge in [-0.2, -0.15) is 0 Å². The second-order valence-electron chi connectivity index (χ2n) is 4.79. The highest BCUT2D eigenvalue weighted by atomic mass is 79.9. The van der Waals surface area contributed by atoms with E-state index in [4.69, 9.17) is 9.47 Å². The Morgan fingerprint density at radius 2 is 1.87 bits per heavy atom. The third-order valence-electron chi connectivity index (χ3n) is 3.17. The zero-order chi connectivity index (χ0) is 17.0. The number of rotatable bonds is 6. The lowest BCUT2D eigenvalue weighted by Crippen LogP contribution is -2.15. The van der Waals surface area contributed by atoms with Gasteiger partial charge in [0.15, 0.2) is 0 Å². The number of aryl methyl sites for hydroxylation is 1. The Bertz CT molecular complexity index is 806. The second kappa shape index (κ2) is 7.23. The van der Waals surface area contributed by atoms with Gasteiger partial charge in [0.1, 0.15) is 16.4 Å². The number of methoxy groups -OCH3 is 1. The molecule has 0 fully saturated rings. The number of benzene rings is 2. The molecule has 23 heavy (non-hydrogen) atoms. The number of hydrogen-bond donors (Lipinski definition) is 1. The van der Waals surface area contributed by atoms with Crippen LogP contribution < -0.4 is 14.2 Å². The van der Waals surface area contributed by atoms with Crippen molar-refractivity contribution in [3.8, 4) is 11.5 Å². The Kier molecular flexibility index (Phi) is 5.54. The molecule has 124 valence electrons. The molecule has 0 atom stereocenters. The number of ether oxygens (including phenoxy) is 2. The third-order valence-corrected chi connectivity index (χ3v) is 5.41. The number of nitrogens with one attached hydrogen (secondary N) is 1. The van der Waals surface area contributed by atoms with Gasteiger partial charge >= 0.3 is 0 Å². The summed E-state index contributed by atoms with van der Waals surface area (Å²) < 4.78 is 39.4. The van der Waals surface area contributed by atoms with E-state index in [1.807, 2.05) is 13.8 Å². The number of anilines is 1. The monoisotopic (exact) mass is 399 g/mol. The summed E-state index contributed by atoms with van der Waals surface area (Å²) in [5, 5.41) is 0. The van der Waals surface area contributed by atoms with Crippen molar-refractivity contribution >= 4 is 31.6 Å². The maximum atomic E-state index is 12.7. The van der Waals surface area contributed by atoms with E-state index >= 15 is 0 Å². The summed E-state index contributed by atoms with van der Waals surface area (Å²) in [5.74, 6) is 0.760. The molecule has 0 spiro atoms. The molecular weight excluding hydrogens is 382 g/mol. The molecule has 0 aliphatic heterocycles. The van der Waals surface area contributed by atoms with Gasteiger partial charge in [-0.25, -0.2) is 8.42 Å². The van der Waals surface area contributed by atoms with Crippen LogP contribution in [0.3, 0.4) is 0 Å². The van der Waals surface area contributed by atoms with Gasteiger partial charge in [0.25, 0.3) is 10.0 Å². The molecule has 2 aromatic rings. The molecule has 0 saturated carbocycles. The van der Waals surface area contributed by atoms with Gasteiger partial charge in [0.05, 0.1) is 19.4 Å². The smallest absolute Gasteiger partial charge is 0.265 e. The van der Waals surface area contributed by atoms with Crippen LogP contribution in [0.15, 0.2) is 45.8 Å². The molecule has 5 nitrogen and oxygen atoms in total. The Hall–Kier alpha value is -1.73. The summed E-state index contributed by atoms with van der Waals surface area (Å²) in [6, 6.07) is 10.1. The Morgan fingerprint density at radius 3 is 2.52 bits per heavy atom. The molecule has 2 rings (SSSR count). The Labute approximate surface area is 144 Å². The van der Waals surface area contributed by atoms with Crippen LogP contribution in [-0.4, -0.2) is 22.1 Å². The fourth-order valence-corrected chi connectivity index (χ4v) is 3.78. The highest BCUT2D eigenvalue weighted by Gasteiger charge is 2.22. The maximum absolute atomic E-state index is 12.7. The minimum atomic E-state index is -3.82. The van der Waals surface area contributed by atoms with E-state index < -0.39 is 10.0 Å². The SMILES string of the molecule is CCOc1ccccc1NS(=O)(=O)c1cc(Br)c(C)cc1OC. The first kappa shape index (κ1) is 17.6. The predicted octanol–water partition coefficient (Wildman–Crippen LogP) is 3.97. The molecule has 0 saturated heterocycles. The van der Waals surface area contributed by atoms with Gasteiger partial charge in [-0.15, -0.1) is 0 Å². The normalized spacial score (nSPS) is 11.1. The third kappa shape index (κ3) is 3.97. The lowest BCUT2D eigenvalue weighted by molar-refractivity contribution is 0.342. The molecule has 2 aromatic carbocycles.